The first kappa shape index (κ1) is 10.0. The van der Waals surface area contributed by atoms with Gasteiger partial charge in [-0.2, -0.15) is 0 Å². The summed E-state index contributed by atoms with van der Waals surface area (Å²) >= 11 is 0. The van der Waals surface area contributed by atoms with E-state index in [0.29, 0.717) is 18.9 Å². The quantitative estimate of drug-likeness (QED) is 0.728. The first-order valence-electron chi connectivity index (χ1n) is 5.37. The van der Waals surface area contributed by atoms with Crippen molar-refractivity contribution in [3.8, 4) is 5.88 Å². The smallest absolute Gasteiger partial charge is 0.347 e. The van der Waals surface area contributed by atoms with Gasteiger partial charge in [0.2, 0.25) is 12.0 Å². The number of para-hydroxylation sites is 1. The molecule has 0 radical (unpaired) electrons. The van der Waals surface area contributed by atoms with Crippen LogP contribution in [-0.4, -0.2) is 28.6 Å². The Morgan fingerprint density at radius 1 is 1.29 bits per heavy atom. The lowest BCUT2D eigenvalue weighted by atomic mass is 10.2. The molecule has 0 spiro atoms. The van der Waals surface area contributed by atoms with Gasteiger partial charge in [-0.05, 0) is 12.1 Å². The van der Waals surface area contributed by atoms with Crippen LogP contribution in [-0.2, 0) is 9.53 Å². The van der Waals surface area contributed by atoms with E-state index in [2.05, 4.69) is 9.97 Å². The van der Waals surface area contributed by atoms with E-state index in [1.54, 1.807) is 0 Å². The molecular weight excluding hydrogens is 220 g/mol. The third kappa shape index (κ3) is 1.80. The molecule has 1 aliphatic heterocycles. The predicted molar refractivity (Wildman–Crippen MR) is 59.5 cm³/mol. The van der Waals surface area contributed by atoms with Crippen molar-refractivity contribution in [1.82, 2.24) is 9.97 Å². The third-order valence-corrected chi connectivity index (χ3v) is 2.65. The molecule has 0 saturated carbocycles. The van der Waals surface area contributed by atoms with Gasteiger partial charge in [-0.3, -0.25) is 0 Å². The van der Waals surface area contributed by atoms with Gasteiger partial charge in [0, 0.05) is 6.42 Å². The van der Waals surface area contributed by atoms with E-state index in [1.807, 2.05) is 24.3 Å². The second-order valence-electron chi connectivity index (χ2n) is 3.76. The number of fused-ring (bicyclic) bond motifs is 1. The normalized spacial score (nSPS) is 19.3. The molecule has 2 heterocycles. The number of esters is 1. The number of aromatic nitrogens is 2. The minimum atomic E-state index is -0.548. The van der Waals surface area contributed by atoms with E-state index in [1.165, 1.54) is 6.33 Å². The molecule has 1 saturated heterocycles. The number of carbonyl (C=O) groups excluding carboxylic acids is 1. The zero-order valence-corrected chi connectivity index (χ0v) is 9.00. The van der Waals surface area contributed by atoms with Crippen LogP contribution in [0.1, 0.15) is 6.42 Å². The molecule has 1 atom stereocenters. The Morgan fingerprint density at radius 2 is 2.18 bits per heavy atom. The van der Waals surface area contributed by atoms with Gasteiger partial charge in [0.15, 0.2) is 0 Å². The van der Waals surface area contributed by atoms with Crippen molar-refractivity contribution in [3.63, 3.8) is 0 Å². The van der Waals surface area contributed by atoms with Gasteiger partial charge < -0.3 is 9.47 Å². The number of cyclic esters (lactones) is 1. The highest BCUT2D eigenvalue weighted by Gasteiger charge is 2.29. The van der Waals surface area contributed by atoms with Gasteiger partial charge in [0.1, 0.15) is 6.33 Å². The highest BCUT2D eigenvalue weighted by atomic mass is 16.6. The van der Waals surface area contributed by atoms with Crippen LogP contribution in [0.4, 0.5) is 0 Å². The fourth-order valence-electron chi connectivity index (χ4n) is 1.79. The van der Waals surface area contributed by atoms with Crippen LogP contribution in [0.5, 0.6) is 5.88 Å². The van der Waals surface area contributed by atoms with Gasteiger partial charge in [-0.1, -0.05) is 12.1 Å². The monoisotopic (exact) mass is 230 g/mol. The summed E-state index contributed by atoms with van der Waals surface area (Å²) in [5, 5.41) is 0.801. The maximum atomic E-state index is 11.3. The van der Waals surface area contributed by atoms with Crippen molar-refractivity contribution in [1.29, 1.82) is 0 Å². The van der Waals surface area contributed by atoms with Crippen LogP contribution in [0.3, 0.4) is 0 Å². The lowest BCUT2D eigenvalue weighted by Gasteiger charge is -2.10. The second-order valence-corrected chi connectivity index (χ2v) is 3.76. The van der Waals surface area contributed by atoms with E-state index in [4.69, 9.17) is 9.47 Å². The van der Waals surface area contributed by atoms with Crippen LogP contribution in [0, 0.1) is 0 Å². The summed E-state index contributed by atoms with van der Waals surface area (Å²) in [6.07, 6.45) is 1.45. The van der Waals surface area contributed by atoms with E-state index in [9.17, 15) is 4.79 Å². The number of ether oxygens (including phenoxy) is 2. The molecule has 3 rings (SSSR count). The lowest BCUT2D eigenvalue weighted by Crippen LogP contribution is -2.22. The summed E-state index contributed by atoms with van der Waals surface area (Å²) < 4.78 is 10.4. The number of carbonyl (C=O) groups is 1. The molecule has 1 aliphatic rings. The Hall–Kier alpha value is -2.17. The highest BCUT2D eigenvalue weighted by molar-refractivity contribution is 5.84. The Labute approximate surface area is 97.4 Å². The van der Waals surface area contributed by atoms with Crippen molar-refractivity contribution in [2.24, 2.45) is 0 Å². The van der Waals surface area contributed by atoms with Crippen LogP contribution in [0.15, 0.2) is 30.6 Å². The molecule has 0 aliphatic carbocycles. The molecular formula is C12H10N2O3. The molecule has 5 nitrogen and oxygen atoms in total. The summed E-state index contributed by atoms with van der Waals surface area (Å²) in [7, 11) is 0. The number of benzene rings is 1. The Balaban J connectivity index is 1.97. The van der Waals surface area contributed by atoms with Crippen molar-refractivity contribution in [3.05, 3.63) is 30.6 Å². The zero-order valence-electron chi connectivity index (χ0n) is 9.00. The first-order chi connectivity index (χ1) is 8.34. The van der Waals surface area contributed by atoms with Crippen molar-refractivity contribution < 1.29 is 14.3 Å². The molecule has 0 N–H and O–H groups in total. The molecule has 1 aromatic carbocycles. The molecule has 0 amide bonds. The van der Waals surface area contributed by atoms with Gasteiger partial charge >= 0.3 is 5.97 Å². The van der Waals surface area contributed by atoms with Crippen LogP contribution in [0.2, 0.25) is 0 Å². The highest BCUT2D eigenvalue weighted by Crippen LogP contribution is 2.23. The Morgan fingerprint density at radius 3 is 3.00 bits per heavy atom. The SMILES string of the molecule is O=C1OCC[C@@H]1Oc1ncnc2ccccc12. The molecule has 86 valence electrons. The fourth-order valence-corrected chi connectivity index (χ4v) is 1.79. The number of hydrogen-bond donors (Lipinski definition) is 0. The lowest BCUT2D eigenvalue weighted by molar-refractivity contribution is -0.143. The standard InChI is InChI=1S/C12H10N2O3/c15-12-10(5-6-16-12)17-11-8-3-1-2-4-9(8)13-7-14-11/h1-4,7,10H,5-6H2/t10-/m0/s1. The van der Waals surface area contributed by atoms with Crippen molar-refractivity contribution in [2.75, 3.05) is 6.61 Å². The summed E-state index contributed by atoms with van der Waals surface area (Å²) in [6, 6.07) is 7.51. The maximum absolute atomic E-state index is 11.3. The third-order valence-electron chi connectivity index (χ3n) is 2.65. The molecule has 17 heavy (non-hydrogen) atoms. The first-order valence-corrected chi connectivity index (χ1v) is 5.37. The average Bonchev–Trinajstić information content (AvgIpc) is 2.76. The van der Waals surface area contributed by atoms with E-state index in [-0.39, 0.29) is 5.97 Å². The fraction of sp³-hybridized carbons (Fsp3) is 0.250. The number of rotatable bonds is 2. The molecule has 1 fully saturated rings. The molecule has 0 bridgehead atoms. The predicted octanol–water partition coefficient (Wildman–Crippen LogP) is 1.32. The summed E-state index contributed by atoms with van der Waals surface area (Å²) in [6.45, 7) is 0.409. The van der Waals surface area contributed by atoms with Gasteiger partial charge in [-0.25, -0.2) is 14.8 Å². The Bertz CT molecular complexity index is 565. The average molecular weight is 230 g/mol. The van der Waals surface area contributed by atoms with E-state index < -0.39 is 6.10 Å². The topological polar surface area (TPSA) is 61.3 Å². The molecule has 1 aromatic heterocycles. The molecule has 2 aromatic rings. The van der Waals surface area contributed by atoms with Crippen LogP contribution >= 0.6 is 0 Å². The largest absolute Gasteiger partial charge is 0.463 e. The van der Waals surface area contributed by atoms with Crippen molar-refractivity contribution >= 4 is 16.9 Å². The number of nitrogens with zero attached hydrogens (tertiary/aromatic N) is 2. The van der Waals surface area contributed by atoms with Crippen molar-refractivity contribution in [2.45, 2.75) is 12.5 Å². The summed E-state index contributed by atoms with van der Waals surface area (Å²) in [4.78, 5) is 19.5. The Kier molecular flexibility index (Phi) is 2.36. The summed E-state index contributed by atoms with van der Waals surface area (Å²) in [5.74, 6) is 0.104. The molecule has 0 unspecified atom stereocenters. The van der Waals surface area contributed by atoms with Gasteiger partial charge in [-0.15, -0.1) is 0 Å². The minimum absolute atomic E-state index is 0.326. The summed E-state index contributed by atoms with van der Waals surface area (Å²) in [5.41, 5.74) is 0.795. The van der Waals surface area contributed by atoms with E-state index >= 15 is 0 Å². The van der Waals surface area contributed by atoms with Crippen LogP contribution in [0.25, 0.3) is 10.9 Å². The maximum Gasteiger partial charge on any atom is 0.347 e. The second kappa shape index (κ2) is 4.01. The van der Waals surface area contributed by atoms with E-state index in [0.717, 1.165) is 10.9 Å². The van der Waals surface area contributed by atoms with Gasteiger partial charge in [0.25, 0.3) is 0 Å². The van der Waals surface area contributed by atoms with Gasteiger partial charge in [0.05, 0.1) is 17.5 Å². The minimum Gasteiger partial charge on any atom is -0.463 e. The molecule has 5 heteroatoms. The number of hydrogen-bond acceptors (Lipinski definition) is 5. The zero-order chi connectivity index (χ0) is 11.7. The van der Waals surface area contributed by atoms with Crippen LogP contribution < -0.4 is 4.74 Å².